The number of carboxylic acid groups (broad SMARTS) is 2. The highest BCUT2D eigenvalue weighted by molar-refractivity contribution is 7.88. The number of carbonyl (C=O) groups is 11. The molecule has 1 saturated heterocycles. The minimum Gasteiger partial charge on any atom is -0.480 e. The lowest BCUT2D eigenvalue weighted by molar-refractivity contribution is -0.512. The lowest BCUT2D eigenvalue weighted by Crippen LogP contribution is -2.44. The number of aliphatic carboxylic acids is 2. The third-order valence-corrected chi connectivity index (χ3v) is 15.0. The predicted molar refractivity (Wildman–Crippen MR) is 463 cm³/mol. The molecule has 119 heavy (non-hydrogen) atoms. The van der Waals surface area contributed by atoms with Crippen LogP contribution < -0.4 is 60.8 Å². The molecule has 0 spiro atoms. The molecule has 1 rings (SSSR count). The first-order valence-electron chi connectivity index (χ1n) is 41.1. The monoisotopic (exact) mass is 1740 g/mol. The van der Waals surface area contributed by atoms with Gasteiger partial charge in [0, 0.05) is 29.8 Å². The van der Waals surface area contributed by atoms with Crippen LogP contribution in [0.5, 0.6) is 0 Å². The maximum atomic E-state index is 11.7. The zero-order chi connectivity index (χ0) is 95.8. The summed E-state index contributed by atoms with van der Waals surface area (Å²) in [4.78, 5) is 130. The van der Waals surface area contributed by atoms with Crippen LogP contribution in [0.2, 0.25) is 0 Å². The molecule has 1 unspecified atom stereocenters. The number of aliphatic hydroxyl groups is 2. The second-order valence-electron chi connectivity index (χ2n) is 34.8. The fourth-order valence-electron chi connectivity index (χ4n) is 9.50. The van der Waals surface area contributed by atoms with Crippen LogP contribution in [-0.4, -0.2) is 218 Å². The van der Waals surface area contributed by atoms with E-state index in [1.807, 2.05) is 111 Å². The van der Waals surface area contributed by atoms with E-state index in [9.17, 15) is 71.3 Å². The molecule has 1 heterocycles. The number of nitrogens with zero attached hydrogens (tertiary/aromatic N) is 1. The number of alkyl carbamates (subject to hydrolysis) is 2. The van der Waals surface area contributed by atoms with Crippen molar-refractivity contribution in [3.63, 3.8) is 0 Å². The summed E-state index contributed by atoms with van der Waals surface area (Å²) in [7, 11) is -3.36. The minimum atomic E-state index is -3.36. The average molecular weight is 1740 g/mol. The second kappa shape index (κ2) is 73.5. The number of esters is 4. The Hall–Kier alpha value is -7.20. The van der Waals surface area contributed by atoms with Crippen molar-refractivity contribution in [2.24, 2.45) is 105 Å². The highest BCUT2D eigenvalue weighted by atomic mass is 32.2. The van der Waals surface area contributed by atoms with Gasteiger partial charge in [0.15, 0.2) is 0 Å². The van der Waals surface area contributed by atoms with E-state index in [-0.39, 0.29) is 80.3 Å². The summed E-state index contributed by atoms with van der Waals surface area (Å²) >= 11 is 0. The van der Waals surface area contributed by atoms with Gasteiger partial charge in [-0.3, -0.25) is 38.9 Å². The topological polar surface area (TPSA) is 632 Å². The number of nitrogens with two attached hydrogens (primary N) is 7. The molecule has 38 heteroatoms. The summed E-state index contributed by atoms with van der Waals surface area (Å²) in [6, 6.07) is -5.62. The van der Waals surface area contributed by atoms with E-state index >= 15 is 0 Å². The quantitative estimate of drug-likeness (QED) is 0.0121. The number of carbonyl (C=O) groups excluding carboxylic acids is 9. The molecule has 0 aromatic heterocycles. The van der Waals surface area contributed by atoms with Crippen molar-refractivity contribution in [1.82, 2.24) is 20.7 Å². The number of nitro groups is 1. The van der Waals surface area contributed by atoms with Gasteiger partial charge < -0.3 is 105 Å². The molecule has 1 fully saturated rings. The number of sulfonamides is 1. The van der Waals surface area contributed by atoms with Crippen LogP contribution >= 0.6 is 0 Å². The number of primary amides is 2. The van der Waals surface area contributed by atoms with Crippen molar-refractivity contribution in [2.45, 2.75) is 337 Å². The van der Waals surface area contributed by atoms with Gasteiger partial charge in [-0.25, -0.2) is 37.1 Å². The van der Waals surface area contributed by atoms with Crippen molar-refractivity contribution in [2.75, 3.05) is 52.4 Å². The predicted octanol–water partition coefficient (Wildman–Crippen LogP) is 7.80. The Morgan fingerprint density at radius 2 is 0.849 bits per heavy atom. The van der Waals surface area contributed by atoms with Gasteiger partial charge in [0.05, 0.1) is 64.4 Å². The maximum Gasteiger partial charge on any atom is 0.408 e. The third-order valence-electron chi connectivity index (χ3n) is 14.2. The van der Waals surface area contributed by atoms with Gasteiger partial charge in [-0.15, -0.1) is 0 Å². The van der Waals surface area contributed by atoms with Gasteiger partial charge in [-0.1, -0.05) is 138 Å². The Morgan fingerprint density at radius 1 is 0.496 bits per heavy atom. The molecular weight excluding hydrogens is 1570 g/mol. The maximum absolute atomic E-state index is 11.7. The number of ether oxygens (including phenoxy) is 6. The number of cyclic esters (lactones) is 1. The smallest absolute Gasteiger partial charge is 0.408 e. The first-order valence-corrected chi connectivity index (χ1v) is 43.0. The standard InChI is InChI=1S/C13H25NO4.C11H21NO4.C8H18N2O2.C8H15NO4.C8H17NO2.C8H14O2.C7H16N2O3S.C6H14N2O.C6H13NO2.C6H15NO/c1-7-17-11(15)10(8-9(2)3)14-12(16)18-13(4,5)6;1-7(2)6-8(9(13)14)12-10(15)16-11(3,4)5;1-6(2)5-7(9)8(12)10-3-4-11;1-4-13-8(10)7(9(11)12)5-6(2)3;1-4-11-8(10)7(9)5-6(2)3;1-6(2)3-7-4-8(9)10-5-7;1-5(2)4-6(7(8)10)9-13(3,11)12;2*1-4(2)3-5(7)6(8)9;1-5(2)3-6(7)4-8/h9-10H,7-8H2,1-6H3,(H,14,16);7-8H,6H2,1-5H3,(H,12,15)(H,13,14);6-7,11H,3-5,9H2,1-2H3,(H,10,12);6-7H,4-5H2,1-3H3;6-7H,4-5,9H2,1-3H3;6-7H,3-5H2,1-2H3;5-6,9H,4H2,1-3H3,(H2,8,10);4-5H,3,7H2,1-2H3,(H2,8,9);4-5H,3,7H2,1-2H3,(H,8,9);5-6,8H,3-4,7H2,1-2H3/t10-;8-;3*7-;;6-;2*5-;6-/m00000.0000/s1. The highest BCUT2D eigenvalue weighted by Crippen LogP contribution is 2.22. The van der Waals surface area contributed by atoms with Gasteiger partial charge in [-0.05, 0) is 179 Å². The summed E-state index contributed by atoms with van der Waals surface area (Å²) in [6.07, 6.45) is 6.53. The van der Waals surface area contributed by atoms with Crippen molar-refractivity contribution < 1.29 is 115 Å². The molecule has 0 aliphatic carbocycles. The molecule has 708 valence electrons. The van der Waals surface area contributed by atoms with Crippen LogP contribution in [-0.2, 0) is 81.6 Å². The lowest BCUT2D eigenvalue weighted by Gasteiger charge is -2.23. The molecule has 0 bridgehead atoms. The Bertz CT molecular complexity index is 2830. The molecule has 1 aliphatic rings. The van der Waals surface area contributed by atoms with E-state index in [0.717, 1.165) is 19.1 Å². The van der Waals surface area contributed by atoms with Crippen LogP contribution in [0, 0.1) is 75.2 Å². The van der Waals surface area contributed by atoms with Crippen LogP contribution in [0.4, 0.5) is 9.59 Å². The summed E-state index contributed by atoms with van der Waals surface area (Å²) in [5.41, 5.74) is 35.8. The molecule has 0 saturated carbocycles. The van der Waals surface area contributed by atoms with E-state index in [1.54, 1.807) is 62.3 Å². The van der Waals surface area contributed by atoms with Crippen molar-refractivity contribution in [3.05, 3.63) is 10.1 Å². The second-order valence-corrected chi connectivity index (χ2v) is 36.6. The number of aliphatic hydroxyl groups excluding tert-OH is 2. The molecule has 0 radical (unpaired) electrons. The summed E-state index contributed by atoms with van der Waals surface area (Å²) in [6.45, 7) is 57.2. The number of nitrogens with one attached hydrogen (secondary N) is 4. The molecule has 22 N–H and O–H groups in total. The first-order chi connectivity index (χ1) is 54.0. The number of amides is 5. The van der Waals surface area contributed by atoms with Crippen LogP contribution in [0.1, 0.15) is 271 Å². The Labute approximate surface area is 713 Å². The molecule has 0 aromatic carbocycles. The number of hydrogen-bond donors (Lipinski definition) is 15. The van der Waals surface area contributed by atoms with Gasteiger partial charge in [0.1, 0.15) is 41.4 Å². The van der Waals surface area contributed by atoms with E-state index in [4.69, 9.17) is 84.2 Å². The minimum absolute atomic E-state index is 0.0185. The summed E-state index contributed by atoms with van der Waals surface area (Å²) in [5, 5.41) is 52.0. The third kappa shape index (κ3) is 97.8. The van der Waals surface area contributed by atoms with Crippen molar-refractivity contribution in [1.29, 1.82) is 0 Å². The number of rotatable bonds is 39. The van der Waals surface area contributed by atoms with Gasteiger partial charge >= 0.3 is 54.0 Å². The van der Waals surface area contributed by atoms with Crippen molar-refractivity contribution in [3.8, 4) is 0 Å². The van der Waals surface area contributed by atoms with E-state index in [1.165, 1.54) is 0 Å². The van der Waals surface area contributed by atoms with Crippen LogP contribution in [0.25, 0.3) is 0 Å². The Balaban J connectivity index is -0.000000163. The Morgan fingerprint density at radius 3 is 1.13 bits per heavy atom. The normalized spacial score (nSPS) is 14.5. The summed E-state index contributed by atoms with van der Waals surface area (Å²) < 4.78 is 53.0. The SMILES string of the molecule is CC(C)CC1COC(=O)C1.CC(C)C[C@H](N)C(=O)NCCO.CC(C)C[C@H](N)C(=O)O.CC(C)C[C@H](N)C(N)=O.CC(C)C[C@H](N)CO.CC(C)C[C@H](NC(=O)OC(C)(C)C)C(=O)O.CC(C)C[C@H](NS(C)(=O)=O)C(N)=O.CCOC(=O)[C@@H](N)CC(C)C.CCOC(=O)[C@H](CC(C)C)NC(=O)OC(C)(C)C.CCOC(=O)[C@H](CC(C)C)[N+](=O)[O-]. The van der Waals surface area contributed by atoms with Crippen LogP contribution in [0.3, 0.4) is 0 Å². The van der Waals surface area contributed by atoms with Gasteiger partial charge in [-0.2, -0.15) is 0 Å². The highest BCUT2D eigenvalue weighted by Gasteiger charge is 2.33. The Kier molecular flexibility index (Phi) is 80.2. The molecule has 1 aliphatic heterocycles. The van der Waals surface area contributed by atoms with Crippen molar-refractivity contribution >= 4 is 75.7 Å². The van der Waals surface area contributed by atoms with E-state index < -0.39 is 122 Å². The largest absolute Gasteiger partial charge is 0.480 e. The lowest BCUT2D eigenvalue weighted by atomic mass is 9.97. The summed E-state index contributed by atoms with van der Waals surface area (Å²) in [5.74, 6) is -0.451. The number of carboxylic acids is 2. The molecule has 0 aromatic rings. The fraction of sp³-hybridized carbons (Fsp3) is 0.864. The zero-order valence-electron chi connectivity index (χ0n) is 78.0. The van der Waals surface area contributed by atoms with E-state index in [2.05, 4.69) is 53.1 Å². The van der Waals surface area contributed by atoms with E-state index in [0.29, 0.717) is 113 Å². The molecule has 37 nitrogen and oxygen atoms in total. The molecule has 5 amide bonds. The molecule has 10 atom stereocenters. The first kappa shape index (κ1) is 130. The average Bonchev–Trinajstić information content (AvgIpc) is 1.53. The molecular formula is C81H168N12O25S. The van der Waals surface area contributed by atoms with Gasteiger partial charge in [0.2, 0.25) is 27.7 Å². The van der Waals surface area contributed by atoms with Crippen LogP contribution in [0.15, 0.2) is 0 Å². The van der Waals surface area contributed by atoms with Gasteiger partial charge in [0.25, 0.3) is 0 Å². The fourth-order valence-corrected chi connectivity index (χ4v) is 10.2. The number of hydrogen-bond acceptors (Lipinski definition) is 28. The zero-order valence-corrected chi connectivity index (χ0v) is 78.9.